The minimum absolute atomic E-state index is 0.381. The minimum atomic E-state index is 0.381. The third kappa shape index (κ3) is 3.08. The number of carbonyl (C=O) groups is 1. The first-order valence-electron chi connectivity index (χ1n) is 6.29. The van der Waals surface area contributed by atoms with Crippen molar-refractivity contribution in [2.24, 2.45) is 5.92 Å². The van der Waals surface area contributed by atoms with Gasteiger partial charge in [-0.3, -0.25) is 4.79 Å². The molecule has 1 fully saturated rings. The smallest absolute Gasteiger partial charge is 0.223 e. The fraction of sp³-hybridized carbons (Fsp3) is 0.769. The van der Waals surface area contributed by atoms with E-state index in [2.05, 4.69) is 12.2 Å². The molecular formula is C13H21NO. The second-order valence-corrected chi connectivity index (χ2v) is 4.81. The summed E-state index contributed by atoms with van der Waals surface area (Å²) in [6, 6.07) is 0. The molecule has 0 spiro atoms. The van der Waals surface area contributed by atoms with Crippen molar-refractivity contribution < 1.29 is 4.79 Å². The lowest BCUT2D eigenvalue weighted by Gasteiger charge is -2.27. The highest BCUT2D eigenvalue weighted by molar-refractivity contribution is 5.76. The number of hydrogen-bond donors (Lipinski definition) is 0. The van der Waals surface area contributed by atoms with E-state index in [0.29, 0.717) is 11.8 Å². The molecule has 0 aromatic heterocycles. The molecule has 84 valence electrons. The number of hydrogen-bond acceptors (Lipinski definition) is 1. The molecule has 0 aromatic rings. The van der Waals surface area contributed by atoms with Crippen LogP contribution < -0.4 is 0 Å². The van der Waals surface area contributed by atoms with Gasteiger partial charge >= 0.3 is 0 Å². The molecule has 2 heteroatoms. The van der Waals surface area contributed by atoms with Gasteiger partial charge in [-0.05, 0) is 25.2 Å². The van der Waals surface area contributed by atoms with Crippen LogP contribution in [0.25, 0.3) is 0 Å². The molecule has 2 nitrogen and oxygen atoms in total. The normalized spacial score (nSPS) is 23.1. The summed E-state index contributed by atoms with van der Waals surface area (Å²) in [5, 5.41) is 0. The molecular weight excluding hydrogens is 186 g/mol. The Bertz CT molecular complexity index is 241. The van der Waals surface area contributed by atoms with Gasteiger partial charge in [0.25, 0.3) is 0 Å². The Morgan fingerprint density at radius 3 is 2.67 bits per heavy atom. The van der Waals surface area contributed by atoms with Crippen molar-refractivity contribution in [3.8, 4) is 0 Å². The van der Waals surface area contributed by atoms with Crippen LogP contribution in [0.2, 0.25) is 0 Å². The van der Waals surface area contributed by atoms with E-state index in [-0.39, 0.29) is 0 Å². The molecule has 0 aromatic carbocycles. The van der Waals surface area contributed by atoms with E-state index in [4.69, 9.17) is 0 Å². The molecule has 2 rings (SSSR count). The molecule has 1 saturated carbocycles. The lowest BCUT2D eigenvalue weighted by Crippen LogP contribution is -2.35. The summed E-state index contributed by atoms with van der Waals surface area (Å²) in [4.78, 5) is 14.0. The van der Waals surface area contributed by atoms with Crippen LogP contribution in [0.3, 0.4) is 0 Å². The zero-order valence-corrected chi connectivity index (χ0v) is 9.45. The quantitative estimate of drug-likeness (QED) is 0.638. The maximum atomic E-state index is 12.0. The Labute approximate surface area is 92.3 Å². The zero-order valence-electron chi connectivity index (χ0n) is 9.45. The second kappa shape index (κ2) is 5.34. The zero-order chi connectivity index (χ0) is 10.5. The molecule has 1 aliphatic heterocycles. The topological polar surface area (TPSA) is 20.3 Å². The average molecular weight is 207 g/mol. The van der Waals surface area contributed by atoms with E-state index in [1.165, 1.54) is 32.1 Å². The Morgan fingerprint density at radius 1 is 1.20 bits per heavy atom. The largest absolute Gasteiger partial charge is 0.339 e. The molecule has 0 unspecified atom stereocenters. The highest BCUT2D eigenvalue weighted by Gasteiger charge is 2.20. The van der Waals surface area contributed by atoms with Crippen LogP contribution in [-0.4, -0.2) is 23.9 Å². The van der Waals surface area contributed by atoms with Gasteiger partial charge in [-0.25, -0.2) is 0 Å². The molecule has 1 aliphatic carbocycles. The van der Waals surface area contributed by atoms with Gasteiger partial charge in [-0.15, -0.1) is 0 Å². The Hall–Kier alpha value is -0.790. The summed E-state index contributed by atoms with van der Waals surface area (Å²) < 4.78 is 0. The van der Waals surface area contributed by atoms with Gasteiger partial charge in [0.1, 0.15) is 0 Å². The van der Waals surface area contributed by atoms with Crippen molar-refractivity contribution in [1.82, 2.24) is 4.90 Å². The van der Waals surface area contributed by atoms with Gasteiger partial charge < -0.3 is 4.90 Å². The molecule has 1 amide bonds. The molecule has 0 radical (unpaired) electrons. The van der Waals surface area contributed by atoms with Crippen LogP contribution in [0, 0.1) is 5.92 Å². The van der Waals surface area contributed by atoms with Crippen molar-refractivity contribution in [2.75, 3.05) is 13.1 Å². The fourth-order valence-electron chi connectivity index (χ4n) is 2.64. The van der Waals surface area contributed by atoms with Gasteiger partial charge in [0, 0.05) is 19.5 Å². The molecule has 0 bridgehead atoms. The van der Waals surface area contributed by atoms with Crippen LogP contribution in [0.4, 0.5) is 0 Å². The number of nitrogens with zero attached hydrogens (tertiary/aromatic N) is 1. The predicted molar refractivity (Wildman–Crippen MR) is 61.5 cm³/mol. The second-order valence-electron chi connectivity index (χ2n) is 4.81. The summed E-state index contributed by atoms with van der Waals surface area (Å²) in [6.07, 6.45) is 12.7. The number of amides is 1. The molecule has 0 atom stereocenters. The summed E-state index contributed by atoms with van der Waals surface area (Å²) in [7, 11) is 0. The third-order valence-corrected chi connectivity index (χ3v) is 3.60. The third-order valence-electron chi connectivity index (χ3n) is 3.60. The Balaban J connectivity index is 1.77. The summed E-state index contributed by atoms with van der Waals surface area (Å²) in [5.74, 6) is 1.06. The molecule has 15 heavy (non-hydrogen) atoms. The maximum absolute atomic E-state index is 12.0. The van der Waals surface area contributed by atoms with Crippen molar-refractivity contribution in [1.29, 1.82) is 0 Å². The van der Waals surface area contributed by atoms with Crippen LogP contribution in [0.15, 0.2) is 12.2 Å². The van der Waals surface area contributed by atoms with Crippen LogP contribution >= 0.6 is 0 Å². The van der Waals surface area contributed by atoms with Crippen molar-refractivity contribution in [3.63, 3.8) is 0 Å². The molecule has 0 N–H and O–H groups in total. The van der Waals surface area contributed by atoms with Crippen LogP contribution in [0.5, 0.6) is 0 Å². The van der Waals surface area contributed by atoms with Crippen LogP contribution in [0.1, 0.15) is 44.9 Å². The standard InChI is InChI=1S/C13H21NO/c15-13(14-9-5-2-6-10-14)11-12-7-3-1-4-8-12/h2,5,12H,1,3-4,6-11H2. The first kappa shape index (κ1) is 10.7. The van der Waals surface area contributed by atoms with Crippen molar-refractivity contribution in [3.05, 3.63) is 12.2 Å². The fourth-order valence-corrected chi connectivity index (χ4v) is 2.64. The predicted octanol–water partition coefficient (Wildman–Crippen LogP) is 2.75. The van der Waals surface area contributed by atoms with Gasteiger partial charge in [-0.2, -0.15) is 0 Å². The highest BCUT2D eigenvalue weighted by Crippen LogP contribution is 2.26. The van der Waals surface area contributed by atoms with E-state index in [0.717, 1.165) is 25.9 Å². The lowest BCUT2D eigenvalue weighted by molar-refractivity contribution is -0.132. The molecule has 2 aliphatic rings. The van der Waals surface area contributed by atoms with Crippen molar-refractivity contribution in [2.45, 2.75) is 44.9 Å². The summed E-state index contributed by atoms with van der Waals surface area (Å²) in [5.41, 5.74) is 0. The first-order chi connectivity index (χ1) is 7.36. The van der Waals surface area contributed by atoms with Crippen molar-refractivity contribution >= 4 is 5.91 Å². The SMILES string of the molecule is O=C(CC1CCCCC1)N1CC=CCC1. The Kier molecular flexibility index (Phi) is 3.81. The first-order valence-corrected chi connectivity index (χ1v) is 6.29. The van der Waals surface area contributed by atoms with Gasteiger partial charge in [0.15, 0.2) is 0 Å². The monoisotopic (exact) mass is 207 g/mol. The minimum Gasteiger partial charge on any atom is -0.339 e. The van der Waals surface area contributed by atoms with E-state index < -0.39 is 0 Å². The highest BCUT2D eigenvalue weighted by atomic mass is 16.2. The van der Waals surface area contributed by atoms with E-state index in [1.54, 1.807) is 0 Å². The van der Waals surface area contributed by atoms with Gasteiger partial charge in [0.05, 0.1) is 0 Å². The van der Waals surface area contributed by atoms with Gasteiger partial charge in [0.2, 0.25) is 5.91 Å². The summed E-state index contributed by atoms with van der Waals surface area (Å²) >= 11 is 0. The van der Waals surface area contributed by atoms with E-state index >= 15 is 0 Å². The van der Waals surface area contributed by atoms with Gasteiger partial charge in [-0.1, -0.05) is 31.4 Å². The summed E-state index contributed by atoms with van der Waals surface area (Å²) in [6.45, 7) is 1.77. The maximum Gasteiger partial charge on any atom is 0.223 e. The Morgan fingerprint density at radius 2 is 2.00 bits per heavy atom. The molecule has 1 heterocycles. The number of carbonyl (C=O) groups excluding carboxylic acids is 1. The van der Waals surface area contributed by atoms with E-state index in [9.17, 15) is 4.79 Å². The average Bonchev–Trinajstić information content (AvgIpc) is 2.31. The lowest BCUT2D eigenvalue weighted by atomic mass is 9.86. The number of rotatable bonds is 2. The van der Waals surface area contributed by atoms with E-state index in [1.807, 2.05) is 4.90 Å². The molecule has 0 saturated heterocycles. The van der Waals surface area contributed by atoms with Crippen LogP contribution in [-0.2, 0) is 4.79 Å².